The summed E-state index contributed by atoms with van der Waals surface area (Å²) in [5, 5.41) is 4.21. The molecule has 1 heterocycles. The molecule has 4 N–H and O–H groups in total. The Balaban J connectivity index is 2.33. The van der Waals surface area contributed by atoms with E-state index in [4.69, 9.17) is 29.0 Å². The summed E-state index contributed by atoms with van der Waals surface area (Å²) in [5.41, 5.74) is 3.85. The highest BCUT2D eigenvalue weighted by Crippen LogP contribution is 2.28. The zero-order chi connectivity index (χ0) is 13.1. The maximum atomic E-state index is 6.05. The normalized spacial score (nSPS) is 10.2. The van der Waals surface area contributed by atoms with Gasteiger partial charge in [0.15, 0.2) is 0 Å². The molecule has 1 aromatic heterocycles. The van der Waals surface area contributed by atoms with Gasteiger partial charge in [0.1, 0.15) is 5.82 Å². The van der Waals surface area contributed by atoms with Crippen molar-refractivity contribution < 1.29 is 0 Å². The van der Waals surface area contributed by atoms with Gasteiger partial charge in [0.2, 0.25) is 5.95 Å². The SMILES string of the molecule is Cc1cc(Nc2cc(Cl)ccc2Cl)nc(NN)n1. The van der Waals surface area contributed by atoms with Crippen LogP contribution in [0.1, 0.15) is 5.69 Å². The van der Waals surface area contributed by atoms with Crippen LogP contribution in [0.2, 0.25) is 10.0 Å². The van der Waals surface area contributed by atoms with Gasteiger partial charge in [0, 0.05) is 16.8 Å². The third-order valence-electron chi connectivity index (χ3n) is 2.17. The molecule has 5 nitrogen and oxygen atoms in total. The van der Waals surface area contributed by atoms with Crippen LogP contribution >= 0.6 is 23.2 Å². The average Bonchev–Trinajstić information content (AvgIpc) is 2.33. The lowest BCUT2D eigenvalue weighted by Crippen LogP contribution is -2.11. The summed E-state index contributed by atoms with van der Waals surface area (Å²) in [6, 6.07) is 6.92. The quantitative estimate of drug-likeness (QED) is 0.596. The van der Waals surface area contributed by atoms with Gasteiger partial charge in [0.05, 0.1) is 10.7 Å². The maximum Gasteiger partial charge on any atom is 0.239 e. The number of hydrogen-bond donors (Lipinski definition) is 3. The largest absolute Gasteiger partial charge is 0.339 e. The smallest absolute Gasteiger partial charge is 0.239 e. The molecule has 1 aromatic carbocycles. The number of nitrogens with one attached hydrogen (secondary N) is 2. The maximum absolute atomic E-state index is 6.05. The Kier molecular flexibility index (Phi) is 3.86. The van der Waals surface area contributed by atoms with Crippen molar-refractivity contribution in [1.29, 1.82) is 0 Å². The number of nitrogen functional groups attached to an aromatic ring is 1. The Hall–Kier alpha value is -1.56. The lowest BCUT2D eigenvalue weighted by molar-refractivity contribution is 1.07. The van der Waals surface area contributed by atoms with E-state index in [0.717, 1.165) is 5.69 Å². The van der Waals surface area contributed by atoms with E-state index in [2.05, 4.69) is 20.7 Å². The van der Waals surface area contributed by atoms with E-state index in [-0.39, 0.29) is 0 Å². The van der Waals surface area contributed by atoms with Crippen molar-refractivity contribution in [2.75, 3.05) is 10.7 Å². The van der Waals surface area contributed by atoms with Crippen LogP contribution in [0.5, 0.6) is 0 Å². The van der Waals surface area contributed by atoms with Crippen LogP contribution in [0.25, 0.3) is 0 Å². The molecule has 94 valence electrons. The molecular weight excluding hydrogens is 273 g/mol. The Morgan fingerprint density at radius 3 is 2.67 bits per heavy atom. The minimum atomic E-state index is 0.329. The van der Waals surface area contributed by atoms with Gasteiger partial charge < -0.3 is 5.32 Å². The first-order valence-electron chi connectivity index (χ1n) is 5.13. The van der Waals surface area contributed by atoms with Crippen LogP contribution < -0.4 is 16.6 Å². The summed E-state index contributed by atoms with van der Waals surface area (Å²) in [6.07, 6.45) is 0. The van der Waals surface area contributed by atoms with Crippen LogP contribution in [0.15, 0.2) is 24.3 Å². The molecule has 2 aromatic rings. The second-order valence-corrected chi connectivity index (χ2v) is 4.46. The van der Waals surface area contributed by atoms with Crippen molar-refractivity contribution >= 4 is 40.7 Å². The Bertz CT molecular complexity index is 573. The van der Waals surface area contributed by atoms with Crippen molar-refractivity contribution in [3.05, 3.63) is 40.0 Å². The molecule has 0 bridgehead atoms. The summed E-state index contributed by atoms with van der Waals surface area (Å²) in [7, 11) is 0. The zero-order valence-corrected chi connectivity index (χ0v) is 11.0. The lowest BCUT2D eigenvalue weighted by atomic mass is 10.3. The molecule has 0 aliphatic heterocycles. The van der Waals surface area contributed by atoms with Crippen molar-refractivity contribution in [1.82, 2.24) is 9.97 Å². The Morgan fingerprint density at radius 2 is 1.94 bits per heavy atom. The second kappa shape index (κ2) is 5.39. The van der Waals surface area contributed by atoms with Crippen molar-refractivity contribution in [3.8, 4) is 0 Å². The molecule has 2 rings (SSSR count). The van der Waals surface area contributed by atoms with Gasteiger partial charge in [-0.2, -0.15) is 4.98 Å². The van der Waals surface area contributed by atoms with E-state index in [1.165, 1.54) is 0 Å². The van der Waals surface area contributed by atoms with E-state index < -0.39 is 0 Å². The standard InChI is InChI=1S/C11H11Cl2N5/c1-6-4-10(17-11(15-6)18-14)16-9-5-7(12)2-3-8(9)13/h2-5H,14H2,1H3,(H2,15,16,17,18). The van der Waals surface area contributed by atoms with Gasteiger partial charge in [-0.3, -0.25) is 5.43 Å². The van der Waals surface area contributed by atoms with Crippen LogP contribution in [-0.4, -0.2) is 9.97 Å². The van der Waals surface area contributed by atoms with E-state index in [1.54, 1.807) is 24.3 Å². The predicted molar refractivity (Wildman–Crippen MR) is 74.3 cm³/mol. The minimum Gasteiger partial charge on any atom is -0.339 e. The van der Waals surface area contributed by atoms with Crippen LogP contribution in [-0.2, 0) is 0 Å². The number of anilines is 3. The zero-order valence-electron chi connectivity index (χ0n) is 9.54. The van der Waals surface area contributed by atoms with Crippen molar-refractivity contribution in [2.45, 2.75) is 6.92 Å². The van der Waals surface area contributed by atoms with E-state index in [1.807, 2.05) is 6.92 Å². The molecule has 18 heavy (non-hydrogen) atoms. The summed E-state index contributed by atoms with van der Waals surface area (Å²) < 4.78 is 0. The molecule has 0 atom stereocenters. The molecular formula is C11H11Cl2N5. The molecule has 0 unspecified atom stereocenters. The molecule has 0 saturated heterocycles. The fraction of sp³-hybridized carbons (Fsp3) is 0.0909. The molecule has 0 aliphatic carbocycles. The van der Waals surface area contributed by atoms with Crippen molar-refractivity contribution in [2.24, 2.45) is 5.84 Å². The predicted octanol–water partition coefficient (Wildman–Crippen LogP) is 3.12. The number of aromatic nitrogens is 2. The third-order valence-corrected chi connectivity index (χ3v) is 2.74. The minimum absolute atomic E-state index is 0.329. The van der Waals surface area contributed by atoms with Crippen LogP contribution in [0, 0.1) is 6.92 Å². The molecule has 0 aliphatic rings. The van der Waals surface area contributed by atoms with Gasteiger partial charge in [-0.05, 0) is 25.1 Å². The molecule has 0 saturated carbocycles. The molecule has 0 amide bonds. The molecule has 0 radical (unpaired) electrons. The summed E-state index contributed by atoms with van der Waals surface area (Å²) in [5.74, 6) is 6.20. The number of nitrogens with two attached hydrogens (primary N) is 1. The summed E-state index contributed by atoms with van der Waals surface area (Å²) in [4.78, 5) is 8.25. The monoisotopic (exact) mass is 283 g/mol. The number of benzene rings is 1. The second-order valence-electron chi connectivity index (χ2n) is 3.61. The number of aryl methyl sites for hydroxylation is 1. The van der Waals surface area contributed by atoms with Crippen LogP contribution in [0.4, 0.5) is 17.5 Å². The number of hydrogen-bond acceptors (Lipinski definition) is 5. The Morgan fingerprint density at radius 1 is 1.17 bits per heavy atom. The number of nitrogens with zero attached hydrogens (tertiary/aromatic N) is 2. The first-order chi connectivity index (χ1) is 8.58. The highest BCUT2D eigenvalue weighted by molar-refractivity contribution is 6.35. The molecule has 0 spiro atoms. The molecule has 0 fully saturated rings. The molecule has 7 heteroatoms. The van der Waals surface area contributed by atoms with E-state index >= 15 is 0 Å². The van der Waals surface area contributed by atoms with Gasteiger partial charge in [0.25, 0.3) is 0 Å². The average molecular weight is 284 g/mol. The highest BCUT2D eigenvalue weighted by Gasteiger charge is 2.05. The van der Waals surface area contributed by atoms with Crippen LogP contribution in [0.3, 0.4) is 0 Å². The van der Waals surface area contributed by atoms with Gasteiger partial charge in [-0.15, -0.1) is 0 Å². The first-order valence-corrected chi connectivity index (χ1v) is 5.88. The van der Waals surface area contributed by atoms with Gasteiger partial charge in [-0.1, -0.05) is 23.2 Å². The van der Waals surface area contributed by atoms with E-state index in [9.17, 15) is 0 Å². The fourth-order valence-electron chi connectivity index (χ4n) is 1.43. The van der Waals surface area contributed by atoms with Crippen molar-refractivity contribution in [3.63, 3.8) is 0 Å². The Labute approximate surface area is 114 Å². The number of rotatable bonds is 3. The van der Waals surface area contributed by atoms with E-state index in [0.29, 0.717) is 27.5 Å². The topological polar surface area (TPSA) is 75.9 Å². The fourth-order valence-corrected chi connectivity index (χ4v) is 1.77. The number of halogens is 2. The highest BCUT2D eigenvalue weighted by atomic mass is 35.5. The lowest BCUT2D eigenvalue weighted by Gasteiger charge is -2.09. The van der Waals surface area contributed by atoms with Gasteiger partial charge >= 0.3 is 0 Å². The third kappa shape index (κ3) is 3.01. The summed E-state index contributed by atoms with van der Waals surface area (Å²) >= 11 is 12.0. The summed E-state index contributed by atoms with van der Waals surface area (Å²) in [6.45, 7) is 1.84. The first kappa shape index (κ1) is 12.9. The van der Waals surface area contributed by atoms with Gasteiger partial charge in [-0.25, -0.2) is 10.8 Å². The number of hydrazine groups is 1.